The highest BCUT2D eigenvalue weighted by Crippen LogP contribution is 2.44. The van der Waals surface area contributed by atoms with E-state index in [1.165, 1.54) is 155 Å². The zero-order valence-corrected chi connectivity index (χ0v) is 49.6. The predicted molar refractivity (Wildman–Crippen MR) is 314 cm³/mol. The van der Waals surface area contributed by atoms with Crippen LogP contribution in [0.1, 0.15) is 145 Å². The normalized spacial score (nSPS) is 12.2. The quantitative estimate of drug-likeness (QED) is 0.172. The largest absolute Gasteiger partial charge is 0.298 e. The molecule has 10 rings (SSSR count). The number of fused-ring (bicyclic) bond motifs is 4. The molecule has 4 aromatic carbocycles. The van der Waals surface area contributed by atoms with Gasteiger partial charge in [-0.2, -0.15) is 0 Å². The van der Waals surface area contributed by atoms with Gasteiger partial charge in [-0.05, 0) is 291 Å². The zero-order valence-electron chi connectivity index (χ0n) is 49.6. The Bertz CT molecular complexity index is 3690. The van der Waals surface area contributed by atoms with Crippen molar-refractivity contribution >= 4 is 43.6 Å². The molecule has 6 heterocycles. The summed E-state index contributed by atoms with van der Waals surface area (Å²) in [4.78, 5) is 23.3. The molecular formula is C66H78N8. The van der Waals surface area contributed by atoms with Crippen molar-refractivity contribution in [3.63, 3.8) is 0 Å². The lowest BCUT2D eigenvalue weighted by Crippen LogP contribution is -2.16. The molecule has 0 bridgehead atoms. The fraction of sp³-hybridized carbons (Fsp3) is 0.394. The van der Waals surface area contributed by atoms with E-state index in [0.717, 1.165) is 57.2 Å². The molecule has 0 N–H and O–H groups in total. The molecule has 0 radical (unpaired) electrons. The molecule has 0 amide bonds. The molecule has 382 valence electrons. The molecule has 0 aliphatic rings. The van der Waals surface area contributed by atoms with E-state index in [2.05, 4.69) is 198 Å². The van der Waals surface area contributed by atoms with Crippen molar-refractivity contribution in [2.24, 2.45) is 0 Å². The maximum atomic E-state index is 5.82. The monoisotopic (exact) mass is 983 g/mol. The summed E-state index contributed by atoms with van der Waals surface area (Å²) in [6, 6.07) is 0. The summed E-state index contributed by atoms with van der Waals surface area (Å²) in [5.41, 5.74) is 37.3. The lowest BCUT2D eigenvalue weighted by Gasteiger charge is -2.22. The van der Waals surface area contributed by atoms with E-state index < -0.39 is 0 Å². The van der Waals surface area contributed by atoms with Crippen molar-refractivity contribution in [1.82, 2.24) is 38.2 Å². The van der Waals surface area contributed by atoms with Gasteiger partial charge in [-0.25, -0.2) is 19.9 Å². The average molecular weight is 983 g/mol. The van der Waals surface area contributed by atoms with Crippen LogP contribution in [0.4, 0.5) is 0 Å². The van der Waals surface area contributed by atoms with E-state index in [0.29, 0.717) is 11.6 Å². The molecule has 0 saturated carbocycles. The van der Waals surface area contributed by atoms with Gasteiger partial charge in [-0.15, -0.1) is 0 Å². The zero-order chi connectivity index (χ0) is 54.2. The highest BCUT2D eigenvalue weighted by atomic mass is 15.2. The van der Waals surface area contributed by atoms with Gasteiger partial charge in [0.2, 0.25) is 11.6 Å². The van der Waals surface area contributed by atoms with Crippen LogP contribution in [0.15, 0.2) is 0 Å². The van der Waals surface area contributed by atoms with Crippen LogP contribution in [-0.4, -0.2) is 38.2 Å². The second kappa shape index (κ2) is 16.9. The van der Waals surface area contributed by atoms with E-state index in [9.17, 15) is 0 Å². The third-order valence-corrected chi connectivity index (χ3v) is 19.8. The second-order valence-corrected chi connectivity index (χ2v) is 22.7. The maximum Gasteiger partial charge on any atom is 0.201 e. The Kier molecular flexibility index (Phi) is 11.6. The number of aromatic nitrogens is 8. The van der Waals surface area contributed by atoms with Crippen molar-refractivity contribution in [3.8, 4) is 34.9 Å². The molecule has 10 aromatic rings. The second-order valence-electron chi connectivity index (χ2n) is 22.7. The summed E-state index contributed by atoms with van der Waals surface area (Å²) in [7, 11) is 0. The van der Waals surface area contributed by atoms with Crippen molar-refractivity contribution < 1.29 is 0 Å². The summed E-state index contributed by atoms with van der Waals surface area (Å²) in [6.07, 6.45) is 0. The number of hydrogen-bond donors (Lipinski definition) is 0. The van der Waals surface area contributed by atoms with Gasteiger partial charge in [-0.1, -0.05) is 0 Å². The lowest BCUT2D eigenvalue weighted by atomic mass is 9.94. The van der Waals surface area contributed by atoms with Gasteiger partial charge in [0.1, 0.15) is 23.3 Å². The Balaban J connectivity index is 1.45. The molecule has 6 aromatic heterocycles. The van der Waals surface area contributed by atoms with Gasteiger partial charge < -0.3 is 0 Å². The van der Waals surface area contributed by atoms with Crippen LogP contribution < -0.4 is 0 Å². The number of benzene rings is 4. The molecule has 0 atom stereocenters. The van der Waals surface area contributed by atoms with Crippen molar-refractivity contribution in [2.45, 2.75) is 180 Å². The lowest BCUT2D eigenvalue weighted by molar-refractivity contribution is 0.869. The fourth-order valence-corrected chi connectivity index (χ4v) is 13.3. The minimum atomic E-state index is 0.480. The van der Waals surface area contributed by atoms with Gasteiger partial charge in [0.15, 0.2) is 0 Å². The van der Waals surface area contributed by atoms with Crippen LogP contribution in [0.3, 0.4) is 0 Å². The molecule has 0 fully saturated rings. The Morgan fingerprint density at radius 1 is 0.176 bits per heavy atom. The number of hydrogen-bond acceptors (Lipinski definition) is 4. The minimum absolute atomic E-state index is 0.480. The summed E-state index contributed by atoms with van der Waals surface area (Å²) in [6.45, 7) is 58.9. The van der Waals surface area contributed by atoms with E-state index >= 15 is 0 Å². The summed E-state index contributed by atoms with van der Waals surface area (Å²) in [5.74, 6) is 4.30. The van der Waals surface area contributed by atoms with Gasteiger partial charge >= 0.3 is 0 Å². The van der Waals surface area contributed by atoms with E-state index in [4.69, 9.17) is 19.9 Å². The van der Waals surface area contributed by atoms with Crippen LogP contribution >= 0.6 is 0 Å². The van der Waals surface area contributed by atoms with Crippen LogP contribution in [0.25, 0.3) is 78.5 Å². The molecule has 0 saturated heterocycles. The smallest absolute Gasteiger partial charge is 0.201 e. The van der Waals surface area contributed by atoms with Crippen molar-refractivity contribution in [2.75, 3.05) is 0 Å². The first-order valence-corrected chi connectivity index (χ1v) is 26.7. The highest BCUT2D eigenvalue weighted by molar-refractivity contribution is 5.98. The SMILES string of the molecule is Cc1c(-n2c(C)c(C)c3c(C)c(C)c(C)c(C)c32)nc(-c2nc(-n3c(C)c(C)c4c(C)c(C)c(C)c(C)c43)c(C)c(-n3c(C)c(C)c4c(C)c(C)c(C)c(C)c43)n2)nc1-n1c(C)c(C)c2c(C)c(C)c(C)c(C)c21. The van der Waals surface area contributed by atoms with E-state index in [1.807, 2.05) is 0 Å². The maximum absolute atomic E-state index is 5.82. The first kappa shape index (κ1) is 50.7. The van der Waals surface area contributed by atoms with E-state index in [1.54, 1.807) is 0 Å². The third-order valence-electron chi connectivity index (χ3n) is 19.8. The minimum Gasteiger partial charge on any atom is -0.298 e. The Morgan fingerprint density at radius 2 is 0.338 bits per heavy atom. The number of nitrogens with zero attached hydrogens (tertiary/aromatic N) is 8. The molecular weight excluding hydrogens is 905 g/mol. The number of aryl methyl sites for hydroxylation is 12. The Hall–Kier alpha value is -6.80. The first-order chi connectivity index (χ1) is 34.6. The molecule has 74 heavy (non-hydrogen) atoms. The van der Waals surface area contributed by atoms with Crippen molar-refractivity contribution in [1.29, 1.82) is 0 Å². The molecule has 0 aliphatic heterocycles. The van der Waals surface area contributed by atoms with Gasteiger partial charge in [0.25, 0.3) is 0 Å². The highest BCUT2D eigenvalue weighted by Gasteiger charge is 2.31. The first-order valence-electron chi connectivity index (χ1n) is 26.7. The van der Waals surface area contributed by atoms with E-state index in [-0.39, 0.29) is 0 Å². The third kappa shape index (κ3) is 6.38. The van der Waals surface area contributed by atoms with Crippen LogP contribution in [0.2, 0.25) is 0 Å². The average Bonchev–Trinajstić information content (AvgIpc) is 4.00. The van der Waals surface area contributed by atoms with Crippen LogP contribution in [-0.2, 0) is 0 Å². The summed E-state index contributed by atoms with van der Waals surface area (Å²) in [5, 5.41) is 5.16. The molecule has 0 unspecified atom stereocenters. The number of rotatable bonds is 5. The fourth-order valence-electron chi connectivity index (χ4n) is 13.3. The van der Waals surface area contributed by atoms with Gasteiger partial charge in [0, 0.05) is 55.4 Å². The van der Waals surface area contributed by atoms with Crippen LogP contribution in [0.5, 0.6) is 0 Å². The van der Waals surface area contributed by atoms with Crippen molar-refractivity contribution in [3.05, 3.63) is 145 Å². The molecule has 8 heteroatoms. The van der Waals surface area contributed by atoms with Gasteiger partial charge in [0.05, 0.1) is 22.1 Å². The molecule has 8 nitrogen and oxygen atoms in total. The predicted octanol–water partition coefficient (Wildman–Crippen LogP) is 16.7. The summed E-state index contributed by atoms with van der Waals surface area (Å²) >= 11 is 0. The van der Waals surface area contributed by atoms with Crippen LogP contribution in [0, 0.1) is 180 Å². The molecule has 0 spiro atoms. The van der Waals surface area contributed by atoms with Gasteiger partial charge in [-0.3, -0.25) is 18.3 Å². The summed E-state index contributed by atoms with van der Waals surface area (Å²) < 4.78 is 9.70. The molecule has 0 aliphatic carbocycles. The Morgan fingerprint density at radius 3 is 0.514 bits per heavy atom. The standard InChI is InChI=1S/C66H78N8/c1-27-31(5)39(13)57-53(35(27)9)43(17)49(23)71(57)63-47(21)64(72-50(24)44(18)54-36(10)28(2)32(6)40(14)58(54)72)68-61(67-63)62-69-65(73-51(25)45(19)55-37(11)29(3)33(7)41(15)59(55)73)48(22)66(70-62)74-52(26)46(20)56-38(12)30(4)34(8)42(16)60(56)74/h1-26H3. The Labute approximate surface area is 439 Å². The topological polar surface area (TPSA) is 71.3 Å².